The van der Waals surface area contributed by atoms with Crippen molar-refractivity contribution in [2.45, 2.75) is 33.6 Å². The summed E-state index contributed by atoms with van der Waals surface area (Å²) in [6.07, 6.45) is 5.22. The van der Waals surface area contributed by atoms with Crippen LogP contribution < -0.4 is 21.8 Å². The van der Waals surface area contributed by atoms with Crippen LogP contribution >= 0.6 is 0 Å². The average Bonchev–Trinajstić information content (AvgIpc) is 2.20. The van der Waals surface area contributed by atoms with E-state index < -0.39 is 0 Å². The van der Waals surface area contributed by atoms with Crippen molar-refractivity contribution in [1.29, 1.82) is 0 Å². The molecule has 0 amide bonds. The minimum atomic E-state index is -0.240. The summed E-state index contributed by atoms with van der Waals surface area (Å²) in [5, 5.41) is 0.696. The summed E-state index contributed by atoms with van der Waals surface area (Å²) in [4.78, 5) is 28.4. The molecule has 4 heteroatoms. The Kier molecular flexibility index (Phi) is 4.28. The lowest BCUT2D eigenvalue weighted by Gasteiger charge is -1.93. The molecule has 0 aliphatic carbocycles. The molecule has 0 radical (unpaired) electrons. The first-order valence-corrected chi connectivity index (χ1v) is 5.59. The number of rotatable bonds is 3. The fraction of sp³-hybridized carbons (Fsp3) is 0.500. The van der Waals surface area contributed by atoms with E-state index in [0.717, 1.165) is 12.8 Å². The molecular weight excluding hydrogens is 204 g/mol. The number of hydrogen-bond donors (Lipinski definition) is 2. The standard InChI is InChI=1S/C12H18N2O2/c1-4-5-6-9-11(15)14-10(7-8(2)3)12(16)13-9/h6-8H,4-5H2,1-3H3,(H,13,16)(H,14,15)/b9-6-,10-7-. The monoisotopic (exact) mass is 222 g/mol. The largest absolute Gasteiger partial charge is 0.316 e. The summed E-state index contributed by atoms with van der Waals surface area (Å²) in [5.41, 5.74) is -0.476. The molecule has 1 rings (SSSR count). The van der Waals surface area contributed by atoms with Crippen molar-refractivity contribution in [3.63, 3.8) is 0 Å². The number of hydrogen-bond acceptors (Lipinski definition) is 2. The van der Waals surface area contributed by atoms with Gasteiger partial charge in [0.2, 0.25) is 0 Å². The van der Waals surface area contributed by atoms with Crippen molar-refractivity contribution in [2.24, 2.45) is 5.92 Å². The summed E-state index contributed by atoms with van der Waals surface area (Å²) >= 11 is 0. The smallest absolute Gasteiger partial charge is 0.271 e. The minimum Gasteiger partial charge on any atom is -0.316 e. The van der Waals surface area contributed by atoms with E-state index in [-0.39, 0.29) is 17.0 Å². The second kappa shape index (κ2) is 5.49. The van der Waals surface area contributed by atoms with Crippen LogP contribution in [-0.2, 0) is 0 Å². The third-order valence-electron chi connectivity index (χ3n) is 2.12. The van der Waals surface area contributed by atoms with E-state index in [2.05, 4.69) is 9.97 Å². The van der Waals surface area contributed by atoms with Gasteiger partial charge < -0.3 is 9.97 Å². The molecule has 88 valence electrons. The molecule has 0 atom stereocenters. The van der Waals surface area contributed by atoms with Gasteiger partial charge in [-0.3, -0.25) is 9.59 Å². The topological polar surface area (TPSA) is 65.7 Å². The third kappa shape index (κ3) is 3.22. The van der Waals surface area contributed by atoms with Crippen LogP contribution in [-0.4, -0.2) is 9.97 Å². The highest BCUT2D eigenvalue weighted by molar-refractivity contribution is 5.21. The zero-order valence-electron chi connectivity index (χ0n) is 9.96. The number of aromatic amines is 2. The average molecular weight is 222 g/mol. The molecule has 0 aliphatic rings. The Morgan fingerprint density at radius 3 is 2.25 bits per heavy atom. The van der Waals surface area contributed by atoms with Gasteiger partial charge in [0.25, 0.3) is 11.1 Å². The van der Waals surface area contributed by atoms with Crippen molar-refractivity contribution in [3.05, 3.63) is 31.4 Å². The van der Waals surface area contributed by atoms with E-state index in [1.165, 1.54) is 0 Å². The van der Waals surface area contributed by atoms with Gasteiger partial charge in [0.05, 0.1) is 0 Å². The first kappa shape index (κ1) is 12.5. The molecule has 4 nitrogen and oxygen atoms in total. The second-order valence-corrected chi connectivity index (χ2v) is 4.14. The molecule has 0 unspecified atom stereocenters. The quantitative estimate of drug-likeness (QED) is 0.760. The Hall–Kier alpha value is -1.58. The van der Waals surface area contributed by atoms with Gasteiger partial charge in [-0.2, -0.15) is 0 Å². The summed E-state index contributed by atoms with van der Waals surface area (Å²) in [7, 11) is 0. The van der Waals surface area contributed by atoms with Crippen molar-refractivity contribution >= 4 is 12.2 Å². The molecule has 1 heterocycles. The number of H-pyrrole nitrogens is 2. The molecule has 0 bridgehead atoms. The summed E-state index contributed by atoms with van der Waals surface area (Å²) in [6, 6.07) is 0. The number of aromatic nitrogens is 2. The molecule has 0 saturated carbocycles. The van der Waals surface area contributed by atoms with Crippen LogP contribution in [0.5, 0.6) is 0 Å². The molecule has 1 aromatic rings. The molecular formula is C12H18N2O2. The van der Waals surface area contributed by atoms with Crippen LogP contribution in [0.1, 0.15) is 33.6 Å². The number of nitrogens with one attached hydrogen (secondary N) is 2. The van der Waals surface area contributed by atoms with Gasteiger partial charge in [0, 0.05) is 0 Å². The first-order valence-electron chi connectivity index (χ1n) is 5.59. The van der Waals surface area contributed by atoms with E-state index in [0.29, 0.717) is 10.7 Å². The van der Waals surface area contributed by atoms with E-state index >= 15 is 0 Å². The molecule has 1 aromatic heterocycles. The van der Waals surface area contributed by atoms with Gasteiger partial charge >= 0.3 is 0 Å². The predicted octanol–water partition coefficient (Wildman–Crippen LogP) is 0.0803. The van der Waals surface area contributed by atoms with Crippen molar-refractivity contribution in [1.82, 2.24) is 9.97 Å². The van der Waals surface area contributed by atoms with Crippen molar-refractivity contribution in [2.75, 3.05) is 0 Å². The zero-order valence-corrected chi connectivity index (χ0v) is 9.96. The SMILES string of the molecule is CCC/C=c1\[nH]c(=O)/c(=C/C(C)C)[nH]c1=O. The van der Waals surface area contributed by atoms with Crippen LogP contribution in [0.15, 0.2) is 9.59 Å². The Labute approximate surface area is 93.7 Å². The van der Waals surface area contributed by atoms with Crippen molar-refractivity contribution < 1.29 is 0 Å². The third-order valence-corrected chi connectivity index (χ3v) is 2.12. The van der Waals surface area contributed by atoms with Crippen LogP contribution in [0.3, 0.4) is 0 Å². The Morgan fingerprint density at radius 2 is 1.69 bits per heavy atom. The van der Waals surface area contributed by atoms with E-state index in [9.17, 15) is 9.59 Å². The van der Waals surface area contributed by atoms with Crippen molar-refractivity contribution in [3.8, 4) is 0 Å². The Bertz CT molecular complexity index is 564. The molecule has 0 spiro atoms. The fourth-order valence-electron chi connectivity index (χ4n) is 1.38. The lowest BCUT2D eigenvalue weighted by atomic mass is 10.2. The normalized spacial score (nSPS) is 13.8. The Morgan fingerprint density at radius 1 is 1.12 bits per heavy atom. The van der Waals surface area contributed by atoms with Gasteiger partial charge in [0.1, 0.15) is 10.7 Å². The van der Waals surface area contributed by atoms with E-state index in [4.69, 9.17) is 0 Å². The highest BCUT2D eigenvalue weighted by atomic mass is 16.1. The lowest BCUT2D eigenvalue weighted by Crippen LogP contribution is -2.46. The highest BCUT2D eigenvalue weighted by Gasteiger charge is 1.95. The van der Waals surface area contributed by atoms with Gasteiger partial charge in [-0.05, 0) is 12.3 Å². The van der Waals surface area contributed by atoms with Gasteiger partial charge in [-0.1, -0.05) is 39.3 Å². The maximum absolute atomic E-state index is 11.6. The van der Waals surface area contributed by atoms with Crippen LogP contribution in [0.25, 0.3) is 12.2 Å². The predicted molar refractivity (Wildman–Crippen MR) is 65.6 cm³/mol. The van der Waals surface area contributed by atoms with Crippen LogP contribution in [0.2, 0.25) is 0 Å². The van der Waals surface area contributed by atoms with Gasteiger partial charge in [-0.25, -0.2) is 0 Å². The van der Waals surface area contributed by atoms with E-state index in [1.807, 2.05) is 20.8 Å². The van der Waals surface area contributed by atoms with Crippen LogP contribution in [0.4, 0.5) is 0 Å². The second-order valence-electron chi connectivity index (χ2n) is 4.14. The van der Waals surface area contributed by atoms with Gasteiger partial charge in [-0.15, -0.1) is 0 Å². The number of unbranched alkanes of at least 4 members (excludes halogenated alkanes) is 1. The van der Waals surface area contributed by atoms with Gasteiger partial charge in [0.15, 0.2) is 0 Å². The first-order chi connectivity index (χ1) is 7.54. The maximum atomic E-state index is 11.6. The summed E-state index contributed by atoms with van der Waals surface area (Å²) < 4.78 is 0. The molecule has 0 saturated heterocycles. The summed E-state index contributed by atoms with van der Waals surface area (Å²) in [5.74, 6) is 0.224. The lowest BCUT2D eigenvalue weighted by molar-refractivity contribution is 0.865. The molecule has 0 aliphatic heterocycles. The fourth-order valence-corrected chi connectivity index (χ4v) is 1.38. The Balaban J connectivity index is 3.40. The highest BCUT2D eigenvalue weighted by Crippen LogP contribution is 1.89. The maximum Gasteiger partial charge on any atom is 0.271 e. The zero-order chi connectivity index (χ0) is 12.1. The molecule has 0 fully saturated rings. The van der Waals surface area contributed by atoms with E-state index in [1.54, 1.807) is 12.2 Å². The molecule has 2 N–H and O–H groups in total. The van der Waals surface area contributed by atoms with Crippen LogP contribution in [0, 0.1) is 5.92 Å². The molecule has 16 heavy (non-hydrogen) atoms. The summed E-state index contributed by atoms with van der Waals surface area (Å²) in [6.45, 7) is 5.92. The molecule has 0 aromatic carbocycles. The minimum absolute atomic E-state index is 0.224.